The summed E-state index contributed by atoms with van der Waals surface area (Å²) in [5.74, 6) is 0.557. The largest absolute Gasteiger partial charge is 0.439 e. The summed E-state index contributed by atoms with van der Waals surface area (Å²) < 4.78 is 11.4. The van der Waals surface area contributed by atoms with Crippen LogP contribution in [-0.2, 0) is 0 Å². The van der Waals surface area contributed by atoms with Crippen LogP contribution in [0.4, 0.5) is 5.69 Å². The topological polar surface area (TPSA) is 78.4 Å². The molecule has 0 N–H and O–H groups in total. The molecule has 4 aromatic rings. The zero-order chi connectivity index (χ0) is 17.4. The first kappa shape index (κ1) is 15.3. The van der Waals surface area contributed by atoms with E-state index in [1.807, 2.05) is 48.7 Å². The highest BCUT2D eigenvalue weighted by Gasteiger charge is 2.21. The van der Waals surface area contributed by atoms with Crippen molar-refractivity contribution in [2.45, 2.75) is 6.92 Å². The molecule has 0 spiro atoms. The Morgan fingerprint density at radius 2 is 2.00 bits per heavy atom. The standard InChI is InChI=1S/C18H12N2O4S/c1-11-7-17(25-10-11)23-16-8-13-15(9-14(16)20(21)22)24-18(19-13)12-5-3-2-4-6-12/h2-10H,1H3. The summed E-state index contributed by atoms with van der Waals surface area (Å²) in [6.45, 7) is 1.94. The van der Waals surface area contributed by atoms with E-state index >= 15 is 0 Å². The SMILES string of the molecule is Cc1csc(Oc2cc3nc(-c4ccccc4)oc3cc2[N+](=O)[O-])c1. The highest BCUT2D eigenvalue weighted by molar-refractivity contribution is 7.12. The van der Waals surface area contributed by atoms with Crippen LogP contribution in [0, 0.1) is 17.0 Å². The first-order valence-corrected chi connectivity index (χ1v) is 8.35. The number of fused-ring (bicyclic) bond motifs is 1. The van der Waals surface area contributed by atoms with Crippen LogP contribution < -0.4 is 4.74 Å². The molecule has 0 aliphatic carbocycles. The van der Waals surface area contributed by atoms with Crippen molar-refractivity contribution in [1.82, 2.24) is 4.98 Å². The zero-order valence-electron chi connectivity index (χ0n) is 13.1. The summed E-state index contributed by atoms with van der Waals surface area (Å²) in [5, 5.41) is 13.9. The molecule has 0 radical (unpaired) electrons. The first-order valence-electron chi connectivity index (χ1n) is 7.47. The molecule has 0 aliphatic rings. The van der Waals surface area contributed by atoms with Crippen LogP contribution in [0.1, 0.15) is 5.56 Å². The number of aryl methyl sites for hydroxylation is 1. The smallest absolute Gasteiger partial charge is 0.315 e. The highest BCUT2D eigenvalue weighted by atomic mass is 32.1. The third-order valence-electron chi connectivity index (χ3n) is 3.60. The number of nitro benzene ring substituents is 1. The fourth-order valence-electron chi connectivity index (χ4n) is 2.44. The maximum atomic E-state index is 11.4. The quantitative estimate of drug-likeness (QED) is 0.354. The van der Waals surface area contributed by atoms with E-state index in [1.165, 1.54) is 17.4 Å². The average Bonchev–Trinajstić information content (AvgIpc) is 3.20. The predicted molar refractivity (Wildman–Crippen MR) is 95.2 cm³/mol. The van der Waals surface area contributed by atoms with Crippen LogP contribution in [0.15, 0.2) is 58.3 Å². The lowest BCUT2D eigenvalue weighted by atomic mass is 10.2. The molecular formula is C18H12N2O4S. The van der Waals surface area contributed by atoms with Gasteiger partial charge in [0.2, 0.25) is 11.6 Å². The number of thiophene rings is 1. The minimum Gasteiger partial charge on any atom is -0.439 e. The Morgan fingerprint density at radius 1 is 1.20 bits per heavy atom. The molecule has 0 amide bonds. The molecule has 25 heavy (non-hydrogen) atoms. The van der Waals surface area contributed by atoms with E-state index in [1.54, 1.807) is 6.07 Å². The van der Waals surface area contributed by atoms with Crippen LogP contribution in [0.25, 0.3) is 22.6 Å². The van der Waals surface area contributed by atoms with E-state index in [0.29, 0.717) is 22.1 Å². The van der Waals surface area contributed by atoms with Gasteiger partial charge in [-0.3, -0.25) is 10.1 Å². The molecule has 7 heteroatoms. The molecule has 0 bridgehead atoms. The van der Waals surface area contributed by atoms with Crippen molar-refractivity contribution >= 4 is 28.1 Å². The molecule has 0 unspecified atom stereocenters. The van der Waals surface area contributed by atoms with Crippen LogP contribution >= 0.6 is 11.3 Å². The van der Waals surface area contributed by atoms with Gasteiger partial charge in [0.25, 0.3) is 0 Å². The summed E-state index contributed by atoms with van der Waals surface area (Å²) >= 11 is 1.38. The second-order valence-electron chi connectivity index (χ2n) is 5.47. The molecule has 2 aromatic heterocycles. The minimum absolute atomic E-state index is 0.146. The molecule has 0 saturated carbocycles. The number of rotatable bonds is 4. The van der Waals surface area contributed by atoms with E-state index in [9.17, 15) is 10.1 Å². The van der Waals surface area contributed by atoms with Crippen molar-refractivity contribution in [2.24, 2.45) is 0 Å². The molecule has 0 fully saturated rings. The van der Waals surface area contributed by atoms with Crippen LogP contribution in [0.2, 0.25) is 0 Å². The molecule has 124 valence electrons. The maximum absolute atomic E-state index is 11.4. The number of hydrogen-bond acceptors (Lipinski definition) is 6. The van der Waals surface area contributed by atoms with Gasteiger partial charge >= 0.3 is 5.69 Å². The van der Waals surface area contributed by atoms with E-state index in [2.05, 4.69) is 4.98 Å². The molecule has 0 saturated heterocycles. The van der Waals surface area contributed by atoms with Gasteiger partial charge in [-0.1, -0.05) is 18.2 Å². The average molecular weight is 352 g/mol. The second-order valence-corrected chi connectivity index (χ2v) is 6.35. The van der Waals surface area contributed by atoms with Gasteiger partial charge in [0.15, 0.2) is 10.6 Å². The Hall–Kier alpha value is -3.19. The van der Waals surface area contributed by atoms with Crippen LogP contribution in [0.3, 0.4) is 0 Å². The summed E-state index contributed by atoms with van der Waals surface area (Å²) in [6, 6.07) is 14.1. The number of nitrogens with zero attached hydrogens (tertiary/aromatic N) is 2. The molecule has 2 aromatic carbocycles. The lowest BCUT2D eigenvalue weighted by molar-refractivity contribution is -0.385. The van der Waals surface area contributed by atoms with Gasteiger partial charge < -0.3 is 9.15 Å². The normalized spacial score (nSPS) is 10.9. The van der Waals surface area contributed by atoms with Gasteiger partial charge in [0, 0.05) is 11.6 Å². The van der Waals surface area contributed by atoms with Crippen molar-refractivity contribution in [2.75, 3.05) is 0 Å². The Bertz CT molecular complexity index is 1070. The predicted octanol–water partition coefficient (Wildman–Crippen LogP) is 5.57. The summed E-state index contributed by atoms with van der Waals surface area (Å²) in [4.78, 5) is 15.3. The van der Waals surface area contributed by atoms with Crippen molar-refractivity contribution in [3.63, 3.8) is 0 Å². The van der Waals surface area contributed by atoms with E-state index in [0.717, 1.165) is 11.1 Å². The third kappa shape index (κ3) is 2.97. The van der Waals surface area contributed by atoms with Gasteiger partial charge in [0.1, 0.15) is 5.52 Å². The van der Waals surface area contributed by atoms with Gasteiger partial charge in [0.05, 0.1) is 11.0 Å². The Labute approximate surface area is 146 Å². The Morgan fingerprint density at radius 3 is 2.68 bits per heavy atom. The monoisotopic (exact) mass is 352 g/mol. The van der Waals surface area contributed by atoms with E-state index in [-0.39, 0.29) is 11.4 Å². The minimum atomic E-state index is -0.486. The summed E-state index contributed by atoms with van der Waals surface area (Å²) in [6.07, 6.45) is 0. The fraction of sp³-hybridized carbons (Fsp3) is 0.0556. The molecular weight excluding hydrogens is 340 g/mol. The highest BCUT2D eigenvalue weighted by Crippen LogP contribution is 2.38. The Balaban J connectivity index is 1.81. The van der Waals surface area contributed by atoms with Gasteiger partial charge in [-0.2, -0.15) is 0 Å². The van der Waals surface area contributed by atoms with Crippen molar-refractivity contribution in [1.29, 1.82) is 0 Å². The lowest BCUT2D eigenvalue weighted by Gasteiger charge is -2.03. The number of oxazole rings is 1. The lowest BCUT2D eigenvalue weighted by Crippen LogP contribution is -1.92. The van der Waals surface area contributed by atoms with Crippen LogP contribution in [0.5, 0.6) is 10.8 Å². The first-order chi connectivity index (χ1) is 12.1. The van der Waals surface area contributed by atoms with E-state index < -0.39 is 4.92 Å². The molecule has 0 aliphatic heterocycles. The molecule has 0 atom stereocenters. The maximum Gasteiger partial charge on any atom is 0.315 e. The van der Waals surface area contributed by atoms with Crippen LogP contribution in [-0.4, -0.2) is 9.91 Å². The number of aromatic nitrogens is 1. The van der Waals surface area contributed by atoms with Gasteiger partial charge in [-0.25, -0.2) is 4.98 Å². The summed E-state index contributed by atoms with van der Waals surface area (Å²) in [7, 11) is 0. The van der Waals surface area contributed by atoms with E-state index in [4.69, 9.17) is 9.15 Å². The molecule has 4 rings (SSSR count). The number of nitro groups is 1. The zero-order valence-corrected chi connectivity index (χ0v) is 13.9. The Kier molecular flexibility index (Phi) is 3.70. The number of hydrogen-bond donors (Lipinski definition) is 0. The third-order valence-corrected chi connectivity index (χ3v) is 4.53. The van der Waals surface area contributed by atoms with Gasteiger partial charge in [-0.15, -0.1) is 11.3 Å². The fourth-order valence-corrected chi connectivity index (χ4v) is 3.20. The number of benzene rings is 2. The molecule has 6 nitrogen and oxygen atoms in total. The molecule has 2 heterocycles. The van der Waals surface area contributed by atoms with Crippen molar-refractivity contribution < 1.29 is 14.1 Å². The van der Waals surface area contributed by atoms with Gasteiger partial charge in [-0.05, 0) is 36.1 Å². The van der Waals surface area contributed by atoms with Crippen molar-refractivity contribution in [3.8, 4) is 22.3 Å². The number of ether oxygens (including phenoxy) is 1. The van der Waals surface area contributed by atoms with Crippen molar-refractivity contribution in [3.05, 3.63) is 69.6 Å². The summed E-state index contributed by atoms with van der Waals surface area (Å²) in [5.41, 5.74) is 2.54. The second kappa shape index (κ2) is 6.03.